The molecule has 0 radical (unpaired) electrons. The summed E-state index contributed by atoms with van der Waals surface area (Å²) in [6.45, 7) is 0. The zero-order valence-corrected chi connectivity index (χ0v) is 11.7. The first-order valence-electron chi connectivity index (χ1n) is 6.10. The van der Waals surface area contributed by atoms with Crippen LogP contribution >= 0.6 is 0 Å². The third kappa shape index (κ3) is 3.14. The van der Waals surface area contributed by atoms with E-state index in [4.69, 9.17) is 20.9 Å². The van der Waals surface area contributed by atoms with Crippen molar-refractivity contribution >= 4 is 23.1 Å². The van der Waals surface area contributed by atoms with E-state index in [0.29, 0.717) is 28.7 Å². The molecular formula is C14H16N4O3. The van der Waals surface area contributed by atoms with Gasteiger partial charge in [0.2, 0.25) is 0 Å². The summed E-state index contributed by atoms with van der Waals surface area (Å²) in [7, 11) is 3.10. The topological polar surface area (TPSA) is 112 Å². The van der Waals surface area contributed by atoms with Crippen LogP contribution in [0.1, 0.15) is 10.5 Å². The number of pyridine rings is 1. The van der Waals surface area contributed by atoms with Crippen LogP contribution in [0.25, 0.3) is 0 Å². The Morgan fingerprint density at radius 3 is 2.48 bits per heavy atom. The molecule has 0 aliphatic heterocycles. The van der Waals surface area contributed by atoms with Crippen molar-refractivity contribution in [2.45, 2.75) is 0 Å². The second-order valence-corrected chi connectivity index (χ2v) is 4.19. The van der Waals surface area contributed by atoms with Crippen LogP contribution in [0.15, 0.2) is 30.3 Å². The second-order valence-electron chi connectivity index (χ2n) is 4.19. The first-order valence-corrected chi connectivity index (χ1v) is 6.10. The van der Waals surface area contributed by atoms with E-state index < -0.39 is 5.91 Å². The molecule has 0 aliphatic carbocycles. The molecular weight excluding hydrogens is 272 g/mol. The molecule has 1 heterocycles. The molecule has 7 heteroatoms. The van der Waals surface area contributed by atoms with E-state index in [1.54, 1.807) is 38.5 Å². The summed E-state index contributed by atoms with van der Waals surface area (Å²) in [4.78, 5) is 15.2. The predicted molar refractivity (Wildman–Crippen MR) is 80.0 cm³/mol. The number of anilines is 3. The summed E-state index contributed by atoms with van der Waals surface area (Å²) in [5, 5.41) is 3.01. The lowest BCUT2D eigenvalue weighted by molar-refractivity contribution is 0.0996. The molecule has 1 aromatic carbocycles. The zero-order chi connectivity index (χ0) is 15.4. The standard InChI is InChI=1S/C14H16N4O3/c1-20-11-6-3-8(7-12(11)21-2)17-14-9(15)4-5-10(18-14)13(16)19/h3-7H,15H2,1-2H3,(H2,16,19)(H,17,18). The number of ether oxygens (including phenoxy) is 2. The Labute approximate surface area is 121 Å². The van der Waals surface area contributed by atoms with Gasteiger partial charge in [0.05, 0.1) is 19.9 Å². The number of hydrogen-bond donors (Lipinski definition) is 3. The minimum absolute atomic E-state index is 0.132. The summed E-state index contributed by atoms with van der Waals surface area (Å²) in [5.41, 5.74) is 12.3. The molecule has 0 saturated carbocycles. The van der Waals surface area contributed by atoms with Crippen LogP contribution in [0.3, 0.4) is 0 Å². The normalized spacial score (nSPS) is 10.0. The molecule has 1 amide bonds. The highest BCUT2D eigenvalue weighted by Crippen LogP contribution is 2.31. The summed E-state index contributed by atoms with van der Waals surface area (Å²) in [6.07, 6.45) is 0. The Morgan fingerprint density at radius 2 is 1.86 bits per heavy atom. The maximum Gasteiger partial charge on any atom is 0.267 e. The fourth-order valence-corrected chi connectivity index (χ4v) is 1.76. The molecule has 2 rings (SSSR count). The number of carbonyl (C=O) groups is 1. The number of amides is 1. The molecule has 0 fully saturated rings. The minimum atomic E-state index is -0.620. The van der Waals surface area contributed by atoms with E-state index >= 15 is 0 Å². The van der Waals surface area contributed by atoms with E-state index in [1.807, 2.05) is 0 Å². The van der Waals surface area contributed by atoms with Crippen molar-refractivity contribution in [3.05, 3.63) is 36.0 Å². The van der Waals surface area contributed by atoms with E-state index in [1.165, 1.54) is 6.07 Å². The molecule has 110 valence electrons. The van der Waals surface area contributed by atoms with Gasteiger partial charge in [0, 0.05) is 11.8 Å². The highest BCUT2D eigenvalue weighted by atomic mass is 16.5. The number of nitrogens with two attached hydrogens (primary N) is 2. The molecule has 7 nitrogen and oxygen atoms in total. The van der Waals surface area contributed by atoms with Gasteiger partial charge in [0.15, 0.2) is 17.3 Å². The van der Waals surface area contributed by atoms with Crippen molar-refractivity contribution < 1.29 is 14.3 Å². The van der Waals surface area contributed by atoms with Crippen LogP contribution in [-0.4, -0.2) is 25.1 Å². The summed E-state index contributed by atoms with van der Waals surface area (Å²) in [5.74, 6) is 0.894. The Kier molecular flexibility index (Phi) is 4.13. The van der Waals surface area contributed by atoms with E-state index in [-0.39, 0.29) is 5.69 Å². The van der Waals surface area contributed by atoms with Gasteiger partial charge in [0.1, 0.15) is 5.69 Å². The average Bonchev–Trinajstić information content (AvgIpc) is 2.49. The number of methoxy groups -OCH3 is 2. The molecule has 1 aromatic heterocycles. The van der Waals surface area contributed by atoms with Crippen molar-refractivity contribution in [3.8, 4) is 11.5 Å². The summed E-state index contributed by atoms with van der Waals surface area (Å²) in [6, 6.07) is 8.29. The highest BCUT2D eigenvalue weighted by Gasteiger charge is 2.09. The molecule has 2 aromatic rings. The summed E-state index contributed by atoms with van der Waals surface area (Å²) < 4.78 is 10.4. The third-order valence-electron chi connectivity index (χ3n) is 2.83. The van der Waals surface area contributed by atoms with Gasteiger partial charge >= 0.3 is 0 Å². The second kappa shape index (κ2) is 6.00. The maximum atomic E-state index is 11.2. The fraction of sp³-hybridized carbons (Fsp3) is 0.143. The smallest absolute Gasteiger partial charge is 0.267 e. The number of carbonyl (C=O) groups excluding carboxylic acids is 1. The molecule has 21 heavy (non-hydrogen) atoms. The fourth-order valence-electron chi connectivity index (χ4n) is 1.76. The quantitative estimate of drug-likeness (QED) is 0.769. The van der Waals surface area contributed by atoms with Gasteiger partial charge in [-0.1, -0.05) is 0 Å². The van der Waals surface area contributed by atoms with Crippen molar-refractivity contribution in [1.29, 1.82) is 0 Å². The molecule has 0 unspecified atom stereocenters. The molecule has 0 aliphatic rings. The lowest BCUT2D eigenvalue weighted by Gasteiger charge is -2.12. The Hall–Kier alpha value is -2.96. The number of rotatable bonds is 5. The number of aromatic nitrogens is 1. The Morgan fingerprint density at radius 1 is 1.14 bits per heavy atom. The largest absolute Gasteiger partial charge is 0.493 e. The zero-order valence-electron chi connectivity index (χ0n) is 11.7. The number of nitrogens with zero attached hydrogens (tertiary/aromatic N) is 1. The van der Waals surface area contributed by atoms with Gasteiger partial charge in [-0.05, 0) is 24.3 Å². The van der Waals surface area contributed by atoms with Crippen molar-refractivity contribution in [2.24, 2.45) is 5.73 Å². The predicted octanol–water partition coefficient (Wildman–Crippen LogP) is 1.52. The van der Waals surface area contributed by atoms with Gasteiger partial charge in [-0.2, -0.15) is 0 Å². The van der Waals surface area contributed by atoms with Crippen LogP contribution < -0.4 is 26.3 Å². The lowest BCUT2D eigenvalue weighted by Crippen LogP contribution is -2.14. The number of benzene rings is 1. The SMILES string of the molecule is COc1ccc(Nc2nc(C(N)=O)ccc2N)cc1OC. The van der Waals surface area contributed by atoms with Crippen molar-refractivity contribution in [2.75, 3.05) is 25.3 Å². The number of hydrogen-bond acceptors (Lipinski definition) is 6. The van der Waals surface area contributed by atoms with E-state index in [9.17, 15) is 4.79 Å². The molecule has 5 N–H and O–H groups in total. The van der Waals surface area contributed by atoms with Gasteiger partial charge in [-0.25, -0.2) is 4.98 Å². The minimum Gasteiger partial charge on any atom is -0.493 e. The number of nitrogen functional groups attached to an aromatic ring is 1. The Bertz CT molecular complexity index is 673. The highest BCUT2D eigenvalue weighted by molar-refractivity contribution is 5.92. The van der Waals surface area contributed by atoms with Crippen LogP contribution in [0.2, 0.25) is 0 Å². The van der Waals surface area contributed by atoms with Gasteiger partial charge in [-0.15, -0.1) is 0 Å². The van der Waals surface area contributed by atoms with Crippen LogP contribution in [-0.2, 0) is 0 Å². The number of nitrogens with one attached hydrogen (secondary N) is 1. The Balaban J connectivity index is 2.33. The van der Waals surface area contributed by atoms with E-state index in [0.717, 1.165) is 0 Å². The average molecular weight is 288 g/mol. The van der Waals surface area contributed by atoms with Crippen molar-refractivity contribution in [1.82, 2.24) is 4.98 Å². The van der Waals surface area contributed by atoms with Crippen LogP contribution in [0.5, 0.6) is 11.5 Å². The maximum absolute atomic E-state index is 11.2. The monoisotopic (exact) mass is 288 g/mol. The van der Waals surface area contributed by atoms with Gasteiger partial charge in [-0.3, -0.25) is 4.79 Å². The third-order valence-corrected chi connectivity index (χ3v) is 2.83. The molecule has 0 bridgehead atoms. The summed E-state index contributed by atoms with van der Waals surface area (Å²) >= 11 is 0. The van der Waals surface area contributed by atoms with E-state index in [2.05, 4.69) is 10.3 Å². The first-order chi connectivity index (χ1) is 10.0. The molecule has 0 atom stereocenters. The number of primary amides is 1. The molecule has 0 saturated heterocycles. The molecule has 0 spiro atoms. The van der Waals surface area contributed by atoms with Crippen molar-refractivity contribution in [3.63, 3.8) is 0 Å². The van der Waals surface area contributed by atoms with Gasteiger partial charge < -0.3 is 26.3 Å². The first kappa shape index (κ1) is 14.4. The van der Waals surface area contributed by atoms with Crippen LogP contribution in [0.4, 0.5) is 17.2 Å². The lowest BCUT2D eigenvalue weighted by atomic mass is 10.2. The van der Waals surface area contributed by atoms with Crippen LogP contribution in [0, 0.1) is 0 Å². The van der Waals surface area contributed by atoms with Gasteiger partial charge in [0.25, 0.3) is 5.91 Å².